The summed E-state index contributed by atoms with van der Waals surface area (Å²) in [7, 11) is 0. The lowest BCUT2D eigenvalue weighted by molar-refractivity contribution is -0.158. The predicted octanol–water partition coefficient (Wildman–Crippen LogP) is 5.47. The Morgan fingerprint density at radius 1 is 0.885 bits per heavy atom. The second-order valence-electron chi connectivity index (χ2n) is 6.54. The van der Waals surface area contributed by atoms with Gasteiger partial charge in [0, 0.05) is 17.8 Å². The number of esters is 2. The van der Waals surface area contributed by atoms with Gasteiger partial charge in [-0.3, -0.25) is 9.59 Å². The first-order valence-electron chi connectivity index (χ1n) is 9.99. The van der Waals surface area contributed by atoms with Gasteiger partial charge < -0.3 is 9.47 Å². The van der Waals surface area contributed by atoms with Crippen LogP contribution in [-0.4, -0.2) is 31.2 Å². The molecule has 150 valence electrons. The van der Waals surface area contributed by atoms with Gasteiger partial charge in [-0.25, -0.2) is 0 Å². The van der Waals surface area contributed by atoms with Crippen LogP contribution in [0.4, 0.5) is 0 Å². The third-order valence-electron chi connectivity index (χ3n) is 4.05. The van der Waals surface area contributed by atoms with E-state index in [1.807, 2.05) is 0 Å². The van der Waals surface area contributed by atoms with E-state index >= 15 is 0 Å². The first-order valence-corrected chi connectivity index (χ1v) is 9.99. The standard InChI is InChI=1S/C19H35N3O4/c1-3-5-7-9-11-13-18(23)25-16-17(15-21-22-20)26-19(24)14-12-10-8-6-4-2/h17H,3-16H2,1-2H3. The Morgan fingerprint density at radius 2 is 1.42 bits per heavy atom. The van der Waals surface area contributed by atoms with Crippen LogP contribution in [0, 0.1) is 0 Å². The van der Waals surface area contributed by atoms with Crippen molar-refractivity contribution in [2.24, 2.45) is 5.11 Å². The van der Waals surface area contributed by atoms with Crippen molar-refractivity contribution in [3.8, 4) is 0 Å². The first kappa shape index (κ1) is 24.2. The molecule has 7 nitrogen and oxygen atoms in total. The van der Waals surface area contributed by atoms with Crippen LogP contribution in [-0.2, 0) is 19.1 Å². The van der Waals surface area contributed by atoms with Crippen LogP contribution in [0.2, 0.25) is 0 Å². The number of hydrogen-bond donors (Lipinski definition) is 0. The highest BCUT2D eigenvalue weighted by Crippen LogP contribution is 2.09. The van der Waals surface area contributed by atoms with Gasteiger partial charge in [-0.05, 0) is 18.4 Å². The fourth-order valence-corrected chi connectivity index (χ4v) is 2.50. The molecule has 0 aromatic rings. The van der Waals surface area contributed by atoms with E-state index < -0.39 is 6.10 Å². The van der Waals surface area contributed by atoms with E-state index in [1.165, 1.54) is 12.8 Å². The Balaban J connectivity index is 4.04. The molecule has 1 atom stereocenters. The molecule has 1 unspecified atom stereocenters. The maximum Gasteiger partial charge on any atom is 0.306 e. The van der Waals surface area contributed by atoms with Gasteiger partial charge in [0.15, 0.2) is 0 Å². The molecule has 0 heterocycles. The molecule has 0 aromatic carbocycles. The molecule has 0 aliphatic rings. The molecule has 0 aromatic heterocycles. The topological polar surface area (TPSA) is 101 Å². The van der Waals surface area contributed by atoms with Crippen molar-refractivity contribution < 1.29 is 19.1 Å². The predicted molar refractivity (Wildman–Crippen MR) is 102 cm³/mol. The summed E-state index contributed by atoms with van der Waals surface area (Å²) in [5, 5.41) is 3.43. The Labute approximate surface area is 157 Å². The molecule has 0 aliphatic carbocycles. The summed E-state index contributed by atoms with van der Waals surface area (Å²) in [5.74, 6) is -0.640. The monoisotopic (exact) mass is 369 g/mol. The van der Waals surface area contributed by atoms with Crippen molar-refractivity contribution in [3.05, 3.63) is 10.4 Å². The largest absolute Gasteiger partial charge is 0.462 e. The minimum absolute atomic E-state index is 0.0259. The second kappa shape index (κ2) is 18.1. The molecule has 0 saturated heterocycles. The van der Waals surface area contributed by atoms with Crippen LogP contribution in [0.15, 0.2) is 5.11 Å². The van der Waals surface area contributed by atoms with Crippen molar-refractivity contribution in [1.82, 2.24) is 0 Å². The number of azide groups is 1. The summed E-state index contributed by atoms with van der Waals surface area (Å²) in [5.41, 5.74) is 8.45. The Morgan fingerprint density at radius 3 is 1.96 bits per heavy atom. The maximum absolute atomic E-state index is 11.9. The molecule has 0 radical (unpaired) electrons. The van der Waals surface area contributed by atoms with E-state index in [0.29, 0.717) is 12.8 Å². The summed E-state index contributed by atoms with van der Waals surface area (Å²) in [4.78, 5) is 26.3. The zero-order chi connectivity index (χ0) is 19.5. The number of carbonyl (C=O) groups excluding carboxylic acids is 2. The summed E-state index contributed by atoms with van der Waals surface area (Å²) in [6.07, 6.45) is 10.5. The molecule has 0 rings (SSSR count). The van der Waals surface area contributed by atoms with Crippen LogP contribution in [0.25, 0.3) is 10.4 Å². The third kappa shape index (κ3) is 15.8. The van der Waals surface area contributed by atoms with Crippen molar-refractivity contribution in [1.29, 1.82) is 0 Å². The number of ether oxygens (including phenoxy) is 2. The lowest BCUT2D eigenvalue weighted by Gasteiger charge is -2.16. The second-order valence-corrected chi connectivity index (χ2v) is 6.54. The molecule has 7 heteroatoms. The SMILES string of the molecule is CCCCCCCC(=O)OCC(CN=[N+]=[N-])OC(=O)CCCCCCC. The number of rotatable bonds is 17. The molecule has 0 fully saturated rings. The average Bonchev–Trinajstić information content (AvgIpc) is 2.63. The zero-order valence-corrected chi connectivity index (χ0v) is 16.5. The first-order chi connectivity index (χ1) is 12.6. The number of hydrogen-bond acceptors (Lipinski definition) is 5. The highest BCUT2D eigenvalue weighted by molar-refractivity contribution is 5.70. The summed E-state index contributed by atoms with van der Waals surface area (Å²) in [6, 6.07) is 0. The van der Waals surface area contributed by atoms with Crippen LogP contribution < -0.4 is 0 Å². The van der Waals surface area contributed by atoms with Gasteiger partial charge in [0.1, 0.15) is 12.7 Å². The van der Waals surface area contributed by atoms with Crippen molar-refractivity contribution >= 4 is 11.9 Å². The molecule has 0 amide bonds. The Hall–Kier alpha value is -1.75. The van der Waals surface area contributed by atoms with Gasteiger partial charge in [0.2, 0.25) is 0 Å². The molecule has 0 bridgehead atoms. The van der Waals surface area contributed by atoms with E-state index in [-0.39, 0.29) is 25.1 Å². The van der Waals surface area contributed by atoms with Gasteiger partial charge in [-0.15, -0.1) is 0 Å². The van der Waals surface area contributed by atoms with Crippen LogP contribution in [0.1, 0.15) is 90.9 Å². The van der Waals surface area contributed by atoms with E-state index in [9.17, 15) is 9.59 Å². The van der Waals surface area contributed by atoms with Gasteiger partial charge in [-0.1, -0.05) is 70.3 Å². The van der Waals surface area contributed by atoms with Gasteiger partial charge in [0.25, 0.3) is 0 Å². The maximum atomic E-state index is 11.9. The summed E-state index contributed by atoms with van der Waals surface area (Å²) in [6.45, 7) is 4.20. The molecule has 26 heavy (non-hydrogen) atoms. The number of unbranched alkanes of at least 4 members (excludes halogenated alkanes) is 8. The third-order valence-corrected chi connectivity index (χ3v) is 4.05. The Kier molecular flexibility index (Phi) is 16.8. The number of nitrogens with zero attached hydrogens (tertiary/aromatic N) is 3. The van der Waals surface area contributed by atoms with Crippen LogP contribution in [0.3, 0.4) is 0 Å². The minimum atomic E-state index is -0.710. The summed E-state index contributed by atoms with van der Waals surface area (Å²) >= 11 is 0. The normalized spacial score (nSPS) is 11.5. The van der Waals surface area contributed by atoms with Gasteiger partial charge >= 0.3 is 11.9 Å². The highest BCUT2D eigenvalue weighted by atomic mass is 16.6. The molecule has 0 spiro atoms. The minimum Gasteiger partial charge on any atom is -0.462 e. The van der Waals surface area contributed by atoms with Gasteiger partial charge in [0.05, 0.1) is 6.54 Å². The molecule has 0 N–H and O–H groups in total. The molecule has 0 aliphatic heterocycles. The fourth-order valence-electron chi connectivity index (χ4n) is 2.50. The Bertz CT molecular complexity index is 423. The van der Waals surface area contributed by atoms with E-state index in [4.69, 9.17) is 15.0 Å². The molecule has 0 saturated carbocycles. The number of carbonyl (C=O) groups is 2. The van der Waals surface area contributed by atoms with E-state index in [1.54, 1.807) is 0 Å². The summed E-state index contributed by atoms with van der Waals surface area (Å²) < 4.78 is 10.5. The molecular weight excluding hydrogens is 334 g/mol. The van der Waals surface area contributed by atoms with Gasteiger partial charge in [-0.2, -0.15) is 0 Å². The van der Waals surface area contributed by atoms with Crippen molar-refractivity contribution in [2.45, 2.75) is 97.0 Å². The molecular formula is C19H35N3O4. The highest BCUT2D eigenvalue weighted by Gasteiger charge is 2.16. The quantitative estimate of drug-likeness (QED) is 0.111. The fraction of sp³-hybridized carbons (Fsp3) is 0.895. The van der Waals surface area contributed by atoms with Crippen molar-refractivity contribution in [2.75, 3.05) is 13.2 Å². The lowest BCUT2D eigenvalue weighted by Crippen LogP contribution is -2.27. The smallest absolute Gasteiger partial charge is 0.306 e. The van der Waals surface area contributed by atoms with Crippen molar-refractivity contribution in [3.63, 3.8) is 0 Å². The average molecular weight is 370 g/mol. The van der Waals surface area contributed by atoms with E-state index in [2.05, 4.69) is 23.9 Å². The van der Waals surface area contributed by atoms with Crippen LogP contribution in [0.5, 0.6) is 0 Å². The van der Waals surface area contributed by atoms with Crippen LogP contribution >= 0.6 is 0 Å². The van der Waals surface area contributed by atoms with E-state index in [0.717, 1.165) is 51.4 Å². The lowest BCUT2D eigenvalue weighted by atomic mass is 10.1. The zero-order valence-electron chi connectivity index (χ0n) is 16.5.